The van der Waals surface area contributed by atoms with Gasteiger partial charge in [-0.3, -0.25) is 0 Å². The first-order chi connectivity index (χ1) is 7.41. The molecule has 5 heteroatoms. The molecule has 2 nitrogen and oxygen atoms in total. The van der Waals surface area contributed by atoms with Gasteiger partial charge in [-0.15, -0.1) is 0 Å². The maximum atomic E-state index is 13.0. The van der Waals surface area contributed by atoms with Crippen LogP contribution in [0.2, 0.25) is 0 Å². The third-order valence-electron chi connectivity index (χ3n) is 2.30. The van der Waals surface area contributed by atoms with Crippen LogP contribution in [0.4, 0.5) is 18.9 Å². The van der Waals surface area contributed by atoms with Gasteiger partial charge in [0, 0.05) is 18.8 Å². The Morgan fingerprint density at radius 2 is 2.00 bits per heavy atom. The van der Waals surface area contributed by atoms with Gasteiger partial charge < -0.3 is 10.6 Å². The second-order valence-electron chi connectivity index (χ2n) is 3.76. The fourth-order valence-electron chi connectivity index (χ4n) is 1.54. The summed E-state index contributed by atoms with van der Waals surface area (Å²) >= 11 is 0. The zero-order chi connectivity index (χ0) is 12.3. The average molecular weight is 232 g/mol. The van der Waals surface area contributed by atoms with Crippen LogP contribution in [-0.4, -0.2) is 20.0 Å². The number of halogens is 3. The summed E-state index contributed by atoms with van der Waals surface area (Å²) < 4.78 is 37.5. The Balaban J connectivity index is 3.02. The van der Waals surface area contributed by atoms with E-state index in [1.54, 1.807) is 6.92 Å². The van der Waals surface area contributed by atoms with E-state index in [1.807, 2.05) is 0 Å². The number of nitrogens with two attached hydrogens (primary N) is 1. The zero-order valence-corrected chi connectivity index (χ0v) is 9.25. The summed E-state index contributed by atoms with van der Waals surface area (Å²) in [5.41, 5.74) is 6.74. The summed E-state index contributed by atoms with van der Waals surface area (Å²) in [6.45, 7) is 1.29. The van der Waals surface area contributed by atoms with Gasteiger partial charge in [0.1, 0.15) is 5.82 Å². The van der Waals surface area contributed by atoms with Gasteiger partial charge in [0.25, 0.3) is 6.43 Å². The van der Waals surface area contributed by atoms with Crippen molar-refractivity contribution in [2.45, 2.75) is 19.4 Å². The number of anilines is 1. The van der Waals surface area contributed by atoms with E-state index < -0.39 is 24.8 Å². The van der Waals surface area contributed by atoms with Gasteiger partial charge in [0.15, 0.2) is 0 Å². The third kappa shape index (κ3) is 3.13. The molecule has 2 N–H and O–H groups in total. The highest BCUT2D eigenvalue weighted by Crippen LogP contribution is 2.25. The molecule has 0 aliphatic heterocycles. The summed E-state index contributed by atoms with van der Waals surface area (Å²) in [5, 5.41) is 0. The second-order valence-corrected chi connectivity index (χ2v) is 3.76. The van der Waals surface area contributed by atoms with E-state index in [1.165, 1.54) is 30.1 Å². The van der Waals surface area contributed by atoms with E-state index in [0.29, 0.717) is 11.3 Å². The molecule has 0 heterocycles. The van der Waals surface area contributed by atoms with E-state index in [2.05, 4.69) is 0 Å². The Labute approximate surface area is 92.9 Å². The first-order valence-corrected chi connectivity index (χ1v) is 4.96. The van der Waals surface area contributed by atoms with Crippen LogP contribution in [0.15, 0.2) is 18.2 Å². The lowest BCUT2D eigenvalue weighted by Gasteiger charge is -2.23. The Bertz CT molecular complexity index is 353. The monoisotopic (exact) mass is 232 g/mol. The normalized spacial score (nSPS) is 12.9. The lowest BCUT2D eigenvalue weighted by molar-refractivity contribution is 0.156. The van der Waals surface area contributed by atoms with Crippen molar-refractivity contribution in [1.82, 2.24) is 0 Å². The lowest BCUT2D eigenvalue weighted by atomic mass is 10.1. The van der Waals surface area contributed by atoms with Crippen LogP contribution < -0.4 is 10.6 Å². The average Bonchev–Trinajstić information content (AvgIpc) is 2.16. The topological polar surface area (TPSA) is 29.3 Å². The minimum Gasteiger partial charge on any atom is -0.369 e. The van der Waals surface area contributed by atoms with Crippen LogP contribution in [-0.2, 0) is 0 Å². The lowest BCUT2D eigenvalue weighted by Crippen LogP contribution is -2.26. The van der Waals surface area contributed by atoms with Crippen molar-refractivity contribution in [3.05, 3.63) is 29.6 Å². The molecular formula is C11H15F3N2. The maximum Gasteiger partial charge on any atom is 0.255 e. The minimum atomic E-state index is -2.43. The molecule has 0 radical (unpaired) electrons. The minimum absolute atomic E-state index is 0.397. The standard InChI is InChI=1S/C11H15F3N2/c1-7(15)9-5-8(12)3-4-10(9)16(2)6-11(13)14/h3-5,7,11H,6,15H2,1-2H3. The van der Waals surface area contributed by atoms with Gasteiger partial charge >= 0.3 is 0 Å². The molecule has 90 valence electrons. The van der Waals surface area contributed by atoms with Crippen molar-refractivity contribution in [2.24, 2.45) is 5.73 Å². The number of benzene rings is 1. The Hall–Kier alpha value is -1.23. The Morgan fingerprint density at radius 3 is 2.50 bits per heavy atom. The van der Waals surface area contributed by atoms with E-state index in [-0.39, 0.29) is 0 Å². The van der Waals surface area contributed by atoms with Crippen LogP contribution in [0.25, 0.3) is 0 Å². The molecule has 0 saturated carbocycles. The summed E-state index contributed by atoms with van der Waals surface area (Å²) in [5.74, 6) is -0.415. The predicted molar refractivity (Wildman–Crippen MR) is 58.3 cm³/mol. The summed E-state index contributed by atoms with van der Waals surface area (Å²) in [6, 6.07) is 3.59. The first-order valence-electron chi connectivity index (χ1n) is 4.96. The van der Waals surface area contributed by atoms with Gasteiger partial charge in [-0.25, -0.2) is 13.2 Å². The zero-order valence-electron chi connectivity index (χ0n) is 9.25. The molecule has 16 heavy (non-hydrogen) atoms. The molecule has 0 aliphatic rings. The van der Waals surface area contributed by atoms with Crippen molar-refractivity contribution in [1.29, 1.82) is 0 Å². The number of hydrogen-bond donors (Lipinski definition) is 1. The largest absolute Gasteiger partial charge is 0.369 e. The molecular weight excluding hydrogens is 217 g/mol. The van der Waals surface area contributed by atoms with Gasteiger partial charge in [0.2, 0.25) is 0 Å². The molecule has 0 spiro atoms. The van der Waals surface area contributed by atoms with Gasteiger partial charge in [0.05, 0.1) is 6.54 Å². The van der Waals surface area contributed by atoms with Crippen LogP contribution in [0.1, 0.15) is 18.5 Å². The fourth-order valence-corrected chi connectivity index (χ4v) is 1.54. The van der Waals surface area contributed by atoms with Crippen molar-refractivity contribution in [3.63, 3.8) is 0 Å². The Kier molecular flexibility index (Phi) is 4.18. The predicted octanol–water partition coefficient (Wildman–Crippen LogP) is 2.55. The molecule has 1 atom stereocenters. The highest BCUT2D eigenvalue weighted by atomic mass is 19.3. The van der Waals surface area contributed by atoms with Crippen LogP contribution in [0.5, 0.6) is 0 Å². The second kappa shape index (κ2) is 5.21. The van der Waals surface area contributed by atoms with Gasteiger partial charge in [-0.1, -0.05) is 0 Å². The highest BCUT2D eigenvalue weighted by Gasteiger charge is 2.14. The summed E-state index contributed by atoms with van der Waals surface area (Å²) in [7, 11) is 1.53. The number of alkyl halides is 2. The van der Waals surface area contributed by atoms with Crippen LogP contribution >= 0.6 is 0 Å². The summed E-state index contributed by atoms with van der Waals surface area (Å²) in [6.07, 6.45) is -2.43. The quantitative estimate of drug-likeness (QED) is 0.864. The fraction of sp³-hybridized carbons (Fsp3) is 0.455. The molecule has 0 aromatic heterocycles. The first kappa shape index (κ1) is 12.8. The van der Waals surface area contributed by atoms with E-state index in [0.717, 1.165) is 0 Å². The maximum absolute atomic E-state index is 13.0. The molecule has 0 fully saturated rings. The highest BCUT2D eigenvalue weighted by molar-refractivity contribution is 5.54. The third-order valence-corrected chi connectivity index (χ3v) is 2.30. The molecule has 0 aliphatic carbocycles. The SMILES string of the molecule is CC(N)c1cc(F)ccc1N(C)CC(F)F. The van der Waals surface area contributed by atoms with Crippen LogP contribution in [0.3, 0.4) is 0 Å². The van der Waals surface area contributed by atoms with Crippen molar-refractivity contribution >= 4 is 5.69 Å². The molecule has 1 aromatic carbocycles. The number of nitrogens with zero attached hydrogens (tertiary/aromatic N) is 1. The van der Waals surface area contributed by atoms with Crippen molar-refractivity contribution in [2.75, 3.05) is 18.5 Å². The molecule has 0 bridgehead atoms. The Morgan fingerprint density at radius 1 is 1.38 bits per heavy atom. The van der Waals surface area contributed by atoms with E-state index in [4.69, 9.17) is 5.73 Å². The smallest absolute Gasteiger partial charge is 0.255 e. The van der Waals surface area contributed by atoms with Gasteiger partial charge in [-0.2, -0.15) is 0 Å². The van der Waals surface area contributed by atoms with Crippen LogP contribution in [0, 0.1) is 5.82 Å². The molecule has 0 amide bonds. The van der Waals surface area contributed by atoms with E-state index >= 15 is 0 Å². The molecule has 1 aromatic rings. The number of hydrogen-bond acceptors (Lipinski definition) is 2. The molecule has 1 rings (SSSR count). The van der Waals surface area contributed by atoms with E-state index in [9.17, 15) is 13.2 Å². The van der Waals surface area contributed by atoms with Gasteiger partial charge in [-0.05, 0) is 30.7 Å². The molecule has 1 unspecified atom stereocenters. The van der Waals surface area contributed by atoms with Crippen molar-refractivity contribution in [3.8, 4) is 0 Å². The number of rotatable bonds is 4. The molecule has 0 saturated heterocycles. The summed E-state index contributed by atoms with van der Waals surface area (Å²) in [4.78, 5) is 1.38. The van der Waals surface area contributed by atoms with Crippen molar-refractivity contribution < 1.29 is 13.2 Å².